The number of rotatable bonds is 2. The van der Waals surface area contributed by atoms with Crippen molar-refractivity contribution in [2.24, 2.45) is 0 Å². The van der Waals surface area contributed by atoms with Crippen LogP contribution < -0.4 is 0 Å². The lowest BCUT2D eigenvalue weighted by molar-refractivity contribution is 0.0691. The van der Waals surface area contributed by atoms with Crippen molar-refractivity contribution in [3.63, 3.8) is 0 Å². The highest BCUT2D eigenvalue weighted by Crippen LogP contribution is 2.29. The summed E-state index contributed by atoms with van der Waals surface area (Å²) >= 11 is 1.41. The fourth-order valence-corrected chi connectivity index (χ4v) is 2.20. The molecule has 0 amide bonds. The van der Waals surface area contributed by atoms with Gasteiger partial charge in [0.05, 0.1) is 15.6 Å². The minimum Gasteiger partial charge on any atom is -0.476 e. The molecule has 6 nitrogen and oxygen atoms in total. The minimum absolute atomic E-state index is 0.0678. The number of nitrogens with zero attached hydrogens (tertiary/aromatic N) is 3. The van der Waals surface area contributed by atoms with Gasteiger partial charge in [0.25, 0.3) is 0 Å². The topological polar surface area (TPSA) is 91.8 Å². The Morgan fingerprint density at radius 2 is 2.13 bits per heavy atom. The van der Waals surface area contributed by atoms with Crippen LogP contribution in [0.1, 0.15) is 21.2 Å². The number of carbonyl (C=O) groups is 1. The van der Waals surface area contributed by atoms with Crippen molar-refractivity contribution in [2.45, 2.75) is 13.8 Å². The van der Waals surface area contributed by atoms with Gasteiger partial charge in [-0.1, -0.05) is 0 Å². The van der Waals surface area contributed by atoms with E-state index in [0.717, 1.165) is 15.6 Å². The number of aromatic nitrogens is 4. The Morgan fingerprint density at radius 1 is 1.40 bits per heavy atom. The maximum Gasteiger partial charge on any atom is 0.358 e. The highest BCUT2D eigenvalue weighted by Gasteiger charge is 2.20. The van der Waals surface area contributed by atoms with Crippen LogP contribution in [-0.2, 0) is 0 Å². The summed E-state index contributed by atoms with van der Waals surface area (Å²) in [7, 11) is 0. The van der Waals surface area contributed by atoms with Gasteiger partial charge in [0.2, 0.25) is 0 Å². The van der Waals surface area contributed by atoms with E-state index < -0.39 is 5.97 Å². The number of H-pyrrole nitrogens is 1. The van der Waals surface area contributed by atoms with Gasteiger partial charge in [0.15, 0.2) is 5.69 Å². The second-order valence-electron chi connectivity index (χ2n) is 2.97. The molecule has 2 rings (SSSR count). The van der Waals surface area contributed by atoms with E-state index in [1.807, 2.05) is 13.8 Å². The maximum absolute atomic E-state index is 10.8. The number of hydrogen-bond acceptors (Lipinski definition) is 5. The third kappa shape index (κ3) is 1.61. The summed E-state index contributed by atoms with van der Waals surface area (Å²) in [5.41, 5.74) is 1.06. The quantitative estimate of drug-likeness (QED) is 0.800. The van der Waals surface area contributed by atoms with Gasteiger partial charge in [-0.15, -0.1) is 16.4 Å². The lowest BCUT2D eigenvalue weighted by Crippen LogP contribution is -1.99. The predicted molar refractivity (Wildman–Crippen MR) is 53.9 cm³/mol. The summed E-state index contributed by atoms with van der Waals surface area (Å²) in [5.74, 6) is -1.09. The van der Waals surface area contributed by atoms with Crippen LogP contribution >= 0.6 is 11.3 Å². The molecule has 2 heterocycles. The number of aromatic carboxylic acids is 1. The van der Waals surface area contributed by atoms with E-state index in [1.54, 1.807) is 0 Å². The van der Waals surface area contributed by atoms with Crippen LogP contribution in [0.2, 0.25) is 0 Å². The first-order chi connectivity index (χ1) is 7.09. The van der Waals surface area contributed by atoms with E-state index in [9.17, 15) is 4.79 Å². The van der Waals surface area contributed by atoms with Gasteiger partial charge in [0, 0.05) is 0 Å². The smallest absolute Gasteiger partial charge is 0.358 e. The molecule has 15 heavy (non-hydrogen) atoms. The molecule has 0 saturated carbocycles. The first-order valence-electron chi connectivity index (χ1n) is 4.18. The molecule has 0 radical (unpaired) electrons. The van der Waals surface area contributed by atoms with Crippen molar-refractivity contribution in [3.05, 3.63) is 16.4 Å². The molecule has 0 atom stereocenters. The van der Waals surface area contributed by atoms with Crippen LogP contribution in [0.5, 0.6) is 0 Å². The van der Waals surface area contributed by atoms with Crippen LogP contribution in [-0.4, -0.2) is 31.5 Å². The first kappa shape index (κ1) is 9.78. The molecule has 7 heteroatoms. The zero-order valence-corrected chi connectivity index (χ0v) is 8.92. The van der Waals surface area contributed by atoms with E-state index >= 15 is 0 Å². The summed E-state index contributed by atoms with van der Waals surface area (Å²) in [4.78, 5) is 15.8. The number of thiazole rings is 1. The molecule has 0 bridgehead atoms. The maximum atomic E-state index is 10.8. The van der Waals surface area contributed by atoms with Gasteiger partial charge in [-0.2, -0.15) is 10.3 Å². The van der Waals surface area contributed by atoms with Crippen LogP contribution in [0.15, 0.2) is 0 Å². The summed E-state index contributed by atoms with van der Waals surface area (Å²) in [6.07, 6.45) is 0. The Labute approximate surface area is 89.0 Å². The summed E-state index contributed by atoms with van der Waals surface area (Å²) in [6, 6.07) is 0. The van der Waals surface area contributed by atoms with E-state index in [2.05, 4.69) is 20.4 Å². The fourth-order valence-electron chi connectivity index (χ4n) is 1.29. The molecular formula is C8H8N4O2S. The third-order valence-electron chi connectivity index (χ3n) is 1.87. The Hall–Kier alpha value is -1.76. The van der Waals surface area contributed by atoms with Crippen LogP contribution in [0, 0.1) is 13.8 Å². The minimum atomic E-state index is -1.09. The number of aryl methyl sites for hydroxylation is 2. The SMILES string of the molecule is Cc1nc(C)c(-c2n[nH]nc2C(=O)O)s1. The van der Waals surface area contributed by atoms with Gasteiger partial charge >= 0.3 is 5.97 Å². The molecule has 2 N–H and O–H groups in total. The zero-order valence-electron chi connectivity index (χ0n) is 8.11. The molecule has 0 fully saturated rings. The first-order valence-corrected chi connectivity index (χ1v) is 4.99. The van der Waals surface area contributed by atoms with Gasteiger partial charge in [-0.3, -0.25) is 0 Å². The van der Waals surface area contributed by atoms with Crippen LogP contribution in [0.25, 0.3) is 10.6 Å². The van der Waals surface area contributed by atoms with Crippen molar-refractivity contribution in [3.8, 4) is 10.6 Å². The Kier molecular flexibility index (Phi) is 2.24. The average Bonchev–Trinajstić information content (AvgIpc) is 2.71. The molecule has 0 unspecified atom stereocenters. The Balaban J connectivity index is 2.58. The van der Waals surface area contributed by atoms with E-state index in [0.29, 0.717) is 5.69 Å². The van der Waals surface area contributed by atoms with Crippen LogP contribution in [0.4, 0.5) is 0 Å². The third-order valence-corrected chi connectivity index (χ3v) is 2.95. The summed E-state index contributed by atoms with van der Waals surface area (Å²) in [5, 5.41) is 19.5. The van der Waals surface area contributed by atoms with Crippen molar-refractivity contribution >= 4 is 17.3 Å². The lowest BCUT2D eigenvalue weighted by atomic mass is 10.2. The molecule has 78 valence electrons. The molecule has 0 aromatic carbocycles. The number of carboxylic acid groups (broad SMARTS) is 1. The Bertz CT molecular complexity index is 516. The highest BCUT2D eigenvalue weighted by molar-refractivity contribution is 7.15. The largest absolute Gasteiger partial charge is 0.476 e. The molecule has 0 spiro atoms. The van der Waals surface area contributed by atoms with Crippen LogP contribution in [0.3, 0.4) is 0 Å². The standard InChI is InChI=1S/C8H8N4O2S/c1-3-7(15-4(2)9-3)5-6(8(13)14)11-12-10-5/h1-2H3,(H,13,14)(H,10,11,12). The summed E-state index contributed by atoms with van der Waals surface area (Å²) < 4.78 is 0. The second kappa shape index (κ2) is 3.43. The van der Waals surface area contributed by atoms with Crippen molar-refractivity contribution in [2.75, 3.05) is 0 Å². The molecule has 0 saturated heterocycles. The lowest BCUT2D eigenvalue weighted by Gasteiger charge is -1.92. The number of carboxylic acids is 1. The molecule has 2 aromatic heterocycles. The number of nitrogens with one attached hydrogen (secondary N) is 1. The van der Waals surface area contributed by atoms with Gasteiger partial charge in [-0.05, 0) is 13.8 Å². The average molecular weight is 224 g/mol. The van der Waals surface area contributed by atoms with Crippen molar-refractivity contribution in [1.29, 1.82) is 0 Å². The Morgan fingerprint density at radius 3 is 2.67 bits per heavy atom. The predicted octanol–water partition coefficient (Wildman–Crippen LogP) is 1.24. The van der Waals surface area contributed by atoms with Gasteiger partial charge in [0.1, 0.15) is 5.69 Å². The molecular weight excluding hydrogens is 216 g/mol. The highest BCUT2D eigenvalue weighted by atomic mass is 32.1. The fraction of sp³-hybridized carbons (Fsp3) is 0.250. The van der Waals surface area contributed by atoms with E-state index in [4.69, 9.17) is 5.11 Å². The molecule has 0 aliphatic rings. The monoisotopic (exact) mass is 224 g/mol. The van der Waals surface area contributed by atoms with Crippen molar-refractivity contribution < 1.29 is 9.90 Å². The second-order valence-corrected chi connectivity index (χ2v) is 4.18. The molecule has 2 aromatic rings. The molecule has 0 aliphatic heterocycles. The normalized spacial score (nSPS) is 10.5. The van der Waals surface area contributed by atoms with Crippen molar-refractivity contribution in [1.82, 2.24) is 20.4 Å². The number of aromatic amines is 1. The van der Waals surface area contributed by atoms with E-state index in [1.165, 1.54) is 11.3 Å². The summed E-state index contributed by atoms with van der Waals surface area (Å²) in [6.45, 7) is 3.68. The van der Waals surface area contributed by atoms with E-state index in [-0.39, 0.29) is 5.69 Å². The van der Waals surface area contributed by atoms with Gasteiger partial charge in [-0.25, -0.2) is 9.78 Å². The van der Waals surface area contributed by atoms with Gasteiger partial charge < -0.3 is 5.11 Å². The molecule has 0 aliphatic carbocycles. The zero-order chi connectivity index (χ0) is 11.0. The number of hydrogen-bond donors (Lipinski definition) is 2.